The van der Waals surface area contributed by atoms with Crippen LogP contribution in [0, 0.1) is 0 Å². The van der Waals surface area contributed by atoms with E-state index in [1.54, 1.807) is 0 Å². The van der Waals surface area contributed by atoms with Crippen LogP contribution in [0.2, 0.25) is 0 Å². The van der Waals surface area contributed by atoms with Crippen LogP contribution in [-0.2, 0) is 12.8 Å². The molecule has 0 amide bonds. The van der Waals surface area contributed by atoms with Gasteiger partial charge in [-0.3, -0.25) is 0 Å². The molecule has 1 aliphatic carbocycles. The second-order valence-corrected chi connectivity index (χ2v) is 5.48. The smallest absolute Gasteiger partial charge is 0.0340 e. The van der Waals surface area contributed by atoms with Gasteiger partial charge in [0.25, 0.3) is 0 Å². The molecule has 1 aromatic heterocycles. The van der Waals surface area contributed by atoms with Crippen molar-refractivity contribution < 1.29 is 0 Å². The van der Waals surface area contributed by atoms with Crippen molar-refractivity contribution in [2.75, 3.05) is 0 Å². The molecule has 2 aromatic rings. The molecule has 0 unspecified atom stereocenters. The predicted molar refractivity (Wildman–Crippen MR) is 76.3 cm³/mol. The van der Waals surface area contributed by atoms with Crippen molar-refractivity contribution in [2.24, 2.45) is 0 Å². The van der Waals surface area contributed by atoms with Crippen molar-refractivity contribution in [1.29, 1.82) is 0 Å². The van der Waals surface area contributed by atoms with E-state index < -0.39 is 0 Å². The molecular weight excluding hydrogens is 224 g/mol. The van der Waals surface area contributed by atoms with Crippen molar-refractivity contribution in [3.8, 4) is 0 Å². The van der Waals surface area contributed by atoms with E-state index in [1.165, 1.54) is 32.7 Å². The topological polar surface area (TPSA) is 0 Å². The minimum atomic E-state index is 1.11. The Bertz CT molecular complexity index is 587. The summed E-state index contributed by atoms with van der Waals surface area (Å²) in [6.07, 6.45) is 2.24. The summed E-state index contributed by atoms with van der Waals surface area (Å²) in [4.78, 5) is 1.50. The number of allylic oxidation sites excluding steroid dienone is 2. The van der Waals surface area contributed by atoms with E-state index in [0.717, 1.165) is 12.8 Å². The van der Waals surface area contributed by atoms with Crippen molar-refractivity contribution >= 4 is 22.5 Å². The molecule has 1 heterocycles. The summed E-state index contributed by atoms with van der Waals surface area (Å²) in [5.74, 6) is 0. The Kier molecular flexibility index (Phi) is 2.64. The van der Waals surface area contributed by atoms with Crippen molar-refractivity contribution in [2.45, 2.75) is 26.7 Å². The van der Waals surface area contributed by atoms with Gasteiger partial charge >= 0.3 is 0 Å². The van der Waals surface area contributed by atoms with E-state index in [1.807, 2.05) is 11.3 Å². The Morgan fingerprint density at radius 2 is 2.00 bits per heavy atom. The highest BCUT2D eigenvalue weighted by atomic mass is 32.1. The zero-order valence-electron chi connectivity index (χ0n) is 10.3. The SMILES string of the molecule is CCc1ccsc1C1=C(C)c2ccccc2C1. The van der Waals surface area contributed by atoms with Gasteiger partial charge < -0.3 is 0 Å². The third-order valence-electron chi connectivity index (χ3n) is 3.64. The Balaban J connectivity index is 2.11. The summed E-state index contributed by atoms with van der Waals surface area (Å²) in [6, 6.07) is 11.1. The van der Waals surface area contributed by atoms with Gasteiger partial charge in [-0.2, -0.15) is 0 Å². The number of aryl methyl sites for hydroxylation is 1. The lowest BCUT2D eigenvalue weighted by atomic mass is 10.0. The highest BCUT2D eigenvalue weighted by Crippen LogP contribution is 2.40. The highest BCUT2D eigenvalue weighted by Gasteiger charge is 2.21. The monoisotopic (exact) mass is 240 g/mol. The first-order valence-corrected chi connectivity index (χ1v) is 7.04. The second kappa shape index (κ2) is 4.15. The van der Waals surface area contributed by atoms with Gasteiger partial charge in [0.15, 0.2) is 0 Å². The molecule has 0 spiro atoms. The minimum absolute atomic E-state index is 1.11. The molecule has 0 saturated carbocycles. The summed E-state index contributed by atoms with van der Waals surface area (Å²) < 4.78 is 0. The van der Waals surface area contributed by atoms with Gasteiger partial charge in [-0.05, 0) is 59.0 Å². The minimum Gasteiger partial charge on any atom is -0.144 e. The lowest BCUT2D eigenvalue weighted by molar-refractivity contribution is 1.14. The van der Waals surface area contributed by atoms with Gasteiger partial charge in [0.1, 0.15) is 0 Å². The maximum absolute atomic E-state index is 2.27. The standard InChI is InChI=1S/C16H16S/c1-3-12-8-9-17-16(12)15-10-13-6-4-5-7-14(13)11(15)2/h4-9H,3,10H2,1-2H3. The fraction of sp³-hybridized carbons (Fsp3) is 0.250. The molecule has 0 radical (unpaired) electrons. The summed E-state index contributed by atoms with van der Waals surface area (Å²) in [5.41, 5.74) is 7.43. The molecule has 0 atom stereocenters. The van der Waals surface area contributed by atoms with Crippen LogP contribution in [-0.4, -0.2) is 0 Å². The van der Waals surface area contributed by atoms with Gasteiger partial charge in [-0.15, -0.1) is 11.3 Å². The van der Waals surface area contributed by atoms with Crippen LogP contribution in [0.25, 0.3) is 11.1 Å². The molecule has 17 heavy (non-hydrogen) atoms. The maximum atomic E-state index is 2.27. The van der Waals surface area contributed by atoms with Crippen molar-refractivity contribution in [3.05, 3.63) is 57.3 Å². The summed E-state index contributed by atoms with van der Waals surface area (Å²) in [5, 5.41) is 2.22. The molecule has 3 rings (SSSR count). The van der Waals surface area contributed by atoms with Gasteiger partial charge in [-0.25, -0.2) is 0 Å². The van der Waals surface area contributed by atoms with E-state index in [4.69, 9.17) is 0 Å². The van der Waals surface area contributed by atoms with E-state index in [2.05, 4.69) is 49.6 Å². The molecule has 1 aliphatic rings. The van der Waals surface area contributed by atoms with Crippen LogP contribution in [0.15, 0.2) is 35.7 Å². The van der Waals surface area contributed by atoms with Gasteiger partial charge in [0, 0.05) is 4.88 Å². The van der Waals surface area contributed by atoms with Gasteiger partial charge in [-0.1, -0.05) is 31.2 Å². The van der Waals surface area contributed by atoms with E-state index in [9.17, 15) is 0 Å². The maximum Gasteiger partial charge on any atom is 0.0340 e. The molecule has 1 heteroatoms. The fourth-order valence-electron chi connectivity index (χ4n) is 2.66. The third-order valence-corrected chi connectivity index (χ3v) is 4.66. The third kappa shape index (κ3) is 1.66. The number of thiophene rings is 1. The van der Waals surface area contributed by atoms with Crippen LogP contribution in [0.1, 0.15) is 35.4 Å². The average molecular weight is 240 g/mol. The Labute approximate surface area is 107 Å². The molecule has 0 bridgehead atoms. The number of fused-ring (bicyclic) bond motifs is 1. The average Bonchev–Trinajstić information content (AvgIpc) is 2.94. The number of hydrogen-bond acceptors (Lipinski definition) is 1. The van der Waals surface area contributed by atoms with Crippen LogP contribution in [0.4, 0.5) is 0 Å². The molecular formula is C16H16S. The largest absolute Gasteiger partial charge is 0.144 e. The Hall–Kier alpha value is -1.34. The second-order valence-electron chi connectivity index (χ2n) is 4.57. The Morgan fingerprint density at radius 1 is 1.18 bits per heavy atom. The van der Waals surface area contributed by atoms with Crippen LogP contribution in [0.5, 0.6) is 0 Å². The number of rotatable bonds is 2. The Morgan fingerprint density at radius 3 is 2.76 bits per heavy atom. The molecule has 0 saturated heterocycles. The van der Waals surface area contributed by atoms with Crippen LogP contribution < -0.4 is 0 Å². The predicted octanol–water partition coefficient (Wildman–Crippen LogP) is 4.80. The molecule has 0 aliphatic heterocycles. The van der Waals surface area contributed by atoms with Crippen molar-refractivity contribution in [1.82, 2.24) is 0 Å². The first-order chi connectivity index (χ1) is 8.31. The zero-order chi connectivity index (χ0) is 11.8. The lowest BCUT2D eigenvalue weighted by Crippen LogP contribution is -1.87. The zero-order valence-corrected chi connectivity index (χ0v) is 11.1. The normalized spacial score (nSPS) is 14.2. The quantitative estimate of drug-likeness (QED) is 0.707. The molecule has 0 nitrogen and oxygen atoms in total. The van der Waals surface area contributed by atoms with E-state index >= 15 is 0 Å². The number of benzene rings is 1. The van der Waals surface area contributed by atoms with Gasteiger partial charge in [0.05, 0.1) is 0 Å². The molecule has 0 fully saturated rings. The summed E-state index contributed by atoms with van der Waals surface area (Å²) in [7, 11) is 0. The summed E-state index contributed by atoms with van der Waals surface area (Å²) in [6.45, 7) is 4.50. The van der Waals surface area contributed by atoms with Crippen molar-refractivity contribution in [3.63, 3.8) is 0 Å². The van der Waals surface area contributed by atoms with E-state index in [-0.39, 0.29) is 0 Å². The molecule has 1 aromatic carbocycles. The van der Waals surface area contributed by atoms with Crippen LogP contribution in [0.3, 0.4) is 0 Å². The first kappa shape index (κ1) is 10.8. The highest BCUT2D eigenvalue weighted by molar-refractivity contribution is 7.11. The molecule has 86 valence electrons. The fourth-order valence-corrected chi connectivity index (χ4v) is 3.76. The van der Waals surface area contributed by atoms with Gasteiger partial charge in [0.2, 0.25) is 0 Å². The molecule has 0 N–H and O–H groups in total. The lowest BCUT2D eigenvalue weighted by Gasteiger charge is -2.04. The summed E-state index contributed by atoms with van der Waals surface area (Å²) >= 11 is 1.89. The van der Waals surface area contributed by atoms with E-state index in [0.29, 0.717) is 0 Å². The number of hydrogen-bond donors (Lipinski definition) is 0. The van der Waals surface area contributed by atoms with Crippen LogP contribution >= 0.6 is 11.3 Å². The first-order valence-electron chi connectivity index (χ1n) is 6.16.